The summed E-state index contributed by atoms with van der Waals surface area (Å²) in [5.74, 6) is -1.84. The number of anilines is 4. The van der Waals surface area contributed by atoms with Crippen molar-refractivity contribution in [2.24, 2.45) is 10.2 Å². The van der Waals surface area contributed by atoms with Crippen LogP contribution in [-0.2, 0) is 47.4 Å². The van der Waals surface area contributed by atoms with Crippen LogP contribution in [-0.4, -0.2) is 71.1 Å². The van der Waals surface area contributed by atoms with Gasteiger partial charge in [0.1, 0.15) is 47.5 Å². The summed E-state index contributed by atoms with van der Waals surface area (Å²) in [4.78, 5) is 11.0. The number of para-hydroxylation sites is 1. The molecule has 5 rings (SSSR count). The predicted octanol–water partition coefficient (Wildman–Crippen LogP) is -5.26. The molecule has 5 aromatic rings. The van der Waals surface area contributed by atoms with E-state index in [0.29, 0.717) is 6.07 Å². The zero-order valence-electron chi connectivity index (χ0n) is 27.0. The van der Waals surface area contributed by atoms with Gasteiger partial charge in [0.15, 0.2) is 5.75 Å². The van der Waals surface area contributed by atoms with Crippen molar-refractivity contribution in [2.75, 3.05) is 17.3 Å². The molecule has 0 amide bonds. The van der Waals surface area contributed by atoms with Crippen molar-refractivity contribution < 1.29 is 155 Å². The predicted molar refractivity (Wildman–Crippen MR) is 164 cm³/mol. The number of aromatic hydroxyl groups is 2. The summed E-state index contributed by atoms with van der Waals surface area (Å²) >= 11 is 6.07. The van der Waals surface area contributed by atoms with Gasteiger partial charge in [-0.15, -0.1) is 10.2 Å². The second-order valence-corrected chi connectivity index (χ2v) is 14.0. The van der Waals surface area contributed by atoms with Gasteiger partial charge in [-0.3, -0.25) is 0 Å². The van der Waals surface area contributed by atoms with Gasteiger partial charge in [-0.25, -0.2) is 25.3 Å². The molecule has 0 atom stereocenters. The number of aromatic nitrogens is 3. The van der Waals surface area contributed by atoms with Gasteiger partial charge in [0.05, 0.1) is 20.4 Å². The second kappa shape index (κ2) is 18.9. The summed E-state index contributed by atoms with van der Waals surface area (Å²) in [7, 11) is -13.7. The molecule has 18 nitrogen and oxygen atoms in total. The Bertz CT molecular complexity index is 2510. The Hall–Kier alpha value is -1.51. The standard InChI is InChI=1S/C26H20ClN7O11S3.Cu.3Na/c1-34(26-30-24(27)29-25(31-26)28-17-4-2-3-5-20(17)47(40,41)42)14-6-8-16-13(10-14)11-21(48(43,44)45)22(23(16)36)33-32-18-12-15(46(37,38)39)7-9-19(18)35;;;;/h2-12,35-36H,1H3,(H,37,38,39)(H,40,41,42)(H,43,44,45)(H,28,29,30,31);;;;/q;;3*+1/p-3. The Kier molecular flexibility index (Phi) is 17.6. The van der Waals surface area contributed by atoms with Crippen LogP contribution in [0.4, 0.5) is 34.6 Å². The molecule has 0 unspecified atom stereocenters. The van der Waals surface area contributed by atoms with Crippen LogP contribution in [0.2, 0.25) is 5.28 Å². The van der Waals surface area contributed by atoms with Gasteiger partial charge in [-0.05, 0) is 71.6 Å². The summed E-state index contributed by atoms with van der Waals surface area (Å²) < 4.78 is 106. The number of hydrogen-bond acceptors (Lipinski definition) is 18. The summed E-state index contributed by atoms with van der Waals surface area (Å²) in [6.45, 7) is 0. The summed E-state index contributed by atoms with van der Waals surface area (Å²) in [6.07, 6.45) is 0. The van der Waals surface area contributed by atoms with Crippen molar-refractivity contribution in [1.82, 2.24) is 15.0 Å². The van der Waals surface area contributed by atoms with Crippen molar-refractivity contribution in [3.8, 4) is 11.5 Å². The number of halogens is 1. The molecule has 0 bridgehead atoms. The molecule has 0 fully saturated rings. The quantitative estimate of drug-likeness (QED) is 0.0709. The monoisotopic (exact) mass is 866 g/mol. The van der Waals surface area contributed by atoms with Crippen molar-refractivity contribution in [3.63, 3.8) is 0 Å². The van der Waals surface area contributed by atoms with Crippen molar-refractivity contribution in [3.05, 3.63) is 72.0 Å². The SMILES string of the molecule is CN(c1ccc2c(O)c(N=Nc3cc(S(=O)(=O)[O-])ccc3O)c(S(=O)(=O)[O-])cc2c1)c1nc(Cl)nc(Nc2ccccc2S(=O)(=O)[O-])n1.[Cu].[Na+].[Na+].[Na+]. The van der Waals surface area contributed by atoms with E-state index in [9.17, 15) is 49.1 Å². The number of nitrogens with one attached hydrogen (secondary N) is 1. The summed E-state index contributed by atoms with van der Waals surface area (Å²) in [5, 5.41) is 30.3. The third kappa shape index (κ3) is 11.3. The van der Waals surface area contributed by atoms with E-state index in [-0.39, 0.29) is 145 Å². The average Bonchev–Trinajstić information content (AvgIpc) is 2.99. The fourth-order valence-corrected chi connectivity index (χ4v) is 6.17. The van der Waals surface area contributed by atoms with Gasteiger partial charge in [-0.1, -0.05) is 12.1 Å². The minimum Gasteiger partial charge on any atom is -0.744 e. The molecule has 1 heterocycles. The average molecular weight is 868 g/mol. The van der Waals surface area contributed by atoms with Crippen LogP contribution >= 0.6 is 11.6 Å². The van der Waals surface area contributed by atoms with E-state index in [1.165, 1.54) is 48.3 Å². The number of rotatable bonds is 9. The van der Waals surface area contributed by atoms with Gasteiger partial charge < -0.3 is 34.1 Å². The van der Waals surface area contributed by atoms with Crippen LogP contribution in [0.3, 0.4) is 0 Å². The molecule has 52 heavy (non-hydrogen) atoms. The van der Waals surface area contributed by atoms with Crippen LogP contribution in [0.1, 0.15) is 0 Å². The maximum Gasteiger partial charge on any atom is 1.00 e. The Balaban J connectivity index is 0.00000338. The van der Waals surface area contributed by atoms with Crippen molar-refractivity contribution in [1.29, 1.82) is 0 Å². The van der Waals surface area contributed by atoms with E-state index in [2.05, 4.69) is 30.5 Å². The van der Waals surface area contributed by atoms with E-state index in [4.69, 9.17) is 11.6 Å². The number of nitrogens with zero attached hydrogens (tertiary/aromatic N) is 6. The molecule has 0 saturated heterocycles. The number of fused-ring (bicyclic) bond motifs is 1. The van der Waals surface area contributed by atoms with E-state index < -0.39 is 67.9 Å². The summed E-state index contributed by atoms with van der Waals surface area (Å²) in [5.41, 5.74) is -1.31. The van der Waals surface area contributed by atoms with E-state index >= 15 is 0 Å². The molecule has 261 valence electrons. The third-order valence-corrected chi connectivity index (χ3v) is 9.23. The number of phenols is 2. The summed E-state index contributed by atoms with van der Waals surface area (Å²) in [6, 6.07) is 12.4. The van der Waals surface area contributed by atoms with E-state index in [1.54, 1.807) is 0 Å². The van der Waals surface area contributed by atoms with Gasteiger partial charge in [0.2, 0.25) is 17.2 Å². The first-order valence-electron chi connectivity index (χ1n) is 12.8. The zero-order valence-corrected chi connectivity index (χ0v) is 37.2. The molecule has 0 spiro atoms. The fraction of sp³-hybridized carbons (Fsp3) is 0.0385. The van der Waals surface area contributed by atoms with E-state index in [1.807, 2.05) is 0 Å². The molecule has 0 aliphatic carbocycles. The Morgan fingerprint density at radius 2 is 1.40 bits per heavy atom. The number of phenolic OH excluding ortho intramolecular Hbond substituents is 2. The molecule has 0 saturated carbocycles. The topological polar surface area (TPSA) is 291 Å². The molecule has 3 N–H and O–H groups in total. The van der Waals surface area contributed by atoms with Crippen LogP contribution in [0.25, 0.3) is 10.8 Å². The molecule has 4 aromatic carbocycles. The molecular formula is C26H17ClCuN7Na3O11S3. The van der Waals surface area contributed by atoms with Gasteiger partial charge in [0.25, 0.3) is 0 Å². The maximum absolute atomic E-state index is 12.2. The number of azo groups is 1. The molecule has 26 heteroatoms. The zero-order chi connectivity index (χ0) is 35.2. The van der Waals surface area contributed by atoms with Gasteiger partial charge in [0, 0.05) is 35.2 Å². The first-order valence-corrected chi connectivity index (χ1v) is 17.4. The van der Waals surface area contributed by atoms with Crippen LogP contribution in [0.15, 0.2) is 91.6 Å². The first-order chi connectivity index (χ1) is 22.3. The Morgan fingerprint density at radius 1 is 0.769 bits per heavy atom. The molecule has 0 aliphatic rings. The van der Waals surface area contributed by atoms with Crippen LogP contribution in [0.5, 0.6) is 11.5 Å². The second-order valence-electron chi connectivity index (χ2n) is 9.60. The third-order valence-electron chi connectivity index (χ3n) is 6.48. The Labute approximate surface area is 378 Å². The molecule has 0 aliphatic heterocycles. The van der Waals surface area contributed by atoms with Crippen LogP contribution in [0, 0.1) is 0 Å². The fourth-order valence-electron chi connectivity index (χ4n) is 4.25. The largest absolute Gasteiger partial charge is 1.00 e. The van der Waals surface area contributed by atoms with Gasteiger partial charge in [-0.2, -0.15) is 15.0 Å². The molecule has 1 aromatic heterocycles. The molecular weight excluding hydrogens is 850 g/mol. The Morgan fingerprint density at radius 3 is 2.02 bits per heavy atom. The smallest absolute Gasteiger partial charge is 0.744 e. The van der Waals surface area contributed by atoms with Crippen molar-refractivity contribution >= 4 is 87.4 Å². The minimum absolute atomic E-state index is 0. The van der Waals surface area contributed by atoms with Gasteiger partial charge >= 0.3 is 88.7 Å². The molecule has 1 radical (unpaired) electrons. The minimum atomic E-state index is -5.34. The van der Waals surface area contributed by atoms with Crippen molar-refractivity contribution in [2.45, 2.75) is 14.7 Å². The maximum atomic E-state index is 12.2. The number of benzene rings is 4. The first kappa shape index (κ1) is 48.5. The number of hydrogen-bond donors (Lipinski definition) is 3. The normalized spacial score (nSPS) is 11.5. The van der Waals surface area contributed by atoms with E-state index in [0.717, 1.165) is 24.3 Å². The van der Waals surface area contributed by atoms with Crippen LogP contribution < -0.4 is 98.9 Å².